The zero-order chi connectivity index (χ0) is 12.3. The van der Waals surface area contributed by atoms with Gasteiger partial charge < -0.3 is 10.5 Å². The van der Waals surface area contributed by atoms with Gasteiger partial charge in [-0.2, -0.15) is 0 Å². The summed E-state index contributed by atoms with van der Waals surface area (Å²) in [6, 6.07) is 0.201. The maximum absolute atomic E-state index is 11.8. The molecule has 98 valence electrons. The third kappa shape index (κ3) is 3.21. The summed E-state index contributed by atoms with van der Waals surface area (Å²) >= 11 is 0. The van der Waals surface area contributed by atoms with E-state index >= 15 is 0 Å². The highest BCUT2D eigenvalue weighted by atomic mass is 16.5. The molecule has 2 fully saturated rings. The maximum atomic E-state index is 11.8. The van der Waals surface area contributed by atoms with E-state index in [0.29, 0.717) is 12.5 Å². The first-order chi connectivity index (χ1) is 8.20. The Morgan fingerprint density at radius 3 is 2.82 bits per heavy atom. The van der Waals surface area contributed by atoms with E-state index in [-0.39, 0.29) is 17.9 Å². The van der Waals surface area contributed by atoms with E-state index in [1.165, 1.54) is 25.7 Å². The molecule has 0 heterocycles. The van der Waals surface area contributed by atoms with Crippen LogP contribution >= 0.6 is 0 Å². The molecule has 2 bridgehead atoms. The van der Waals surface area contributed by atoms with Crippen molar-refractivity contribution in [1.82, 2.24) is 0 Å². The fraction of sp³-hybridized carbons (Fsp3) is 0.929. The molecule has 4 atom stereocenters. The maximum Gasteiger partial charge on any atom is 0.308 e. The van der Waals surface area contributed by atoms with Gasteiger partial charge in [0.15, 0.2) is 0 Å². The normalized spacial score (nSPS) is 38.0. The van der Waals surface area contributed by atoms with Gasteiger partial charge in [0.05, 0.1) is 12.5 Å². The van der Waals surface area contributed by atoms with Crippen molar-refractivity contribution in [3.8, 4) is 0 Å². The number of nitrogens with two attached hydrogens (primary N) is 1. The van der Waals surface area contributed by atoms with E-state index in [2.05, 4.69) is 0 Å². The molecule has 0 radical (unpaired) electrons. The van der Waals surface area contributed by atoms with Gasteiger partial charge in [-0.25, -0.2) is 0 Å². The third-order valence-corrected chi connectivity index (χ3v) is 4.53. The van der Waals surface area contributed by atoms with Crippen molar-refractivity contribution in [1.29, 1.82) is 0 Å². The molecule has 0 aromatic heterocycles. The van der Waals surface area contributed by atoms with E-state index in [1.807, 2.05) is 6.92 Å². The van der Waals surface area contributed by atoms with Crippen molar-refractivity contribution in [2.24, 2.45) is 23.5 Å². The van der Waals surface area contributed by atoms with Crippen LogP contribution in [0.5, 0.6) is 0 Å². The van der Waals surface area contributed by atoms with Crippen LogP contribution in [0.25, 0.3) is 0 Å². The van der Waals surface area contributed by atoms with E-state index in [0.717, 1.165) is 25.2 Å². The van der Waals surface area contributed by atoms with Gasteiger partial charge in [-0.1, -0.05) is 19.3 Å². The number of carbonyl (C=O) groups excluding carboxylic acids is 1. The van der Waals surface area contributed by atoms with Crippen LogP contribution in [0.15, 0.2) is 0 Å². The quantitative estimate of drug-likeness (QED) is 0.753. The number of fused-ring (bicyclic) bond motifs is 2. The van der Waals surface area contributed by atoms with Gasteiger partial charge in [0, 0.05) is 6.04 Å². The topological polar surface area (TPSA) is 52.3 Å². The standard InChI is InChI=1S/C14H25NO2/c1-2-17-14(16)12-5-3-4-10-6-7-11(8-10)13(15)9-12/h10-13H,2-9,15H2,1H3/t10-,11?,12+,13?/m1/s1. The first kappa shape index (κ1) is 12.9. The van der Waals surface area contributed by atoms with Gasteiger partial charge in [-0.15, -0.1) is 0 Å². The molecule has 3 heteroatoms. The van der Waals surface area contributed by atoms with Crippen molar-refractivity contribution in [3.05, 3.63) is 0 Å². The van der Waals surface area contributed by atoms with Crippen molar-refractivity contribution >= 4 is 5.97 Å². The number of hydrogen-bond donors (Lipinski definition) is 1. The van der Waals surface area contributed by atoms with Crippen LogP contribution in [0.3, 0.4) is 0 Å². The highest BCUT2D eigenvalue weighted by molar-refractivity contribution is 5.72. The van der Waals surface area contributed by atoms with E-state index in [4.69, 9.17) is 10.5 Å². The highest BCUT2D eigenvalue weighted by Crippen LogP contribution is 2.39. The van der Waals surface area contributed by atoms with Crippen molar-refractivity contribution in [3.63, 3.8) is 0 Å². The average molecular weight is 239 g/mol. The summed E-state index contributed by atoms with van der Waals surface area (Å²) in [6.45, 7) is 2.35. The second-order valence-corrected chi connectivity index (χ2v) is 5.72. The number of esters is 1. The predicted molar refractivity (Wildman–Crippen MR) is 67.4 cm³/mol. The molecular weight excluding hydrogens is 214 g/mol. The van der Waals surface area contributed by atoms with Gasteiger partial charge in [0.2, 0.25) is 0 Å². The van der Waals surface area contributed by atoms with Crippen LogP contribution in [0, 0.1) is 17.8 Å². The minimum atomic E-state index is -0.0271. The SMILES string of the molecule is CCOC(=O)[C@H]1CCC[C@@H]2CCC(C2)C(N)C1. The number of carbonyl (C=O) groups is 1. The van der Waals surface area contributed by atoms with Crippen LogP contribution in [-0.2, 0) is 9.53 Å². The molecule has 2 N–H and O–H groups in total. The van der Waals surface area contributed by atoms with E-state index in [1.54, 1.807) is 0 Å². The fourth-order valence-corrected chi connectivity index (χ4v) is 3.53. The van der Waals surface area contributed by atoms with Gasteiger partial charge in [-0.3, -0.25) is 4.79 Å². The Kier molecular flexibility index (Phi) is 4.43. The predicted octanol–water partition coefficient (Wildman–Crippen LogP) is 2.48. The summed E-state index contributed by atoms with van der Waals surface area (Å²) in [6.07, 6.45) is 8.14. The lowest BCUT2D eigenvalue weighted by Gasteiger charge is -2.23. The second-order valence-electron chi connectivity index (χ2n) is 5.72. The summed E-state index contributed by atoms with van der Waals surface area (Å²) in [5.74, 6) is 1.53. The van der Waals surface area contributed by atoms with Crippen LogP contribution in [0.4, 0.5) is 0 Å². The Morgan fingerprint density at radius 1 is 1.24 bits per heavy atom. The molecule has 2 aliphatic rings. The molecule has 2 rings (SSSR count). The monoisotopic (exact) mass is 239 g/mol. The molecule has 0 aromatic carbocycles. The van der Waals surface area contributed by atoms with Crippen molar-refractivity contribution in [2.75, 3.05) is 6.61 Å². The van der Waals surface area contributed by atoms with Gasteiger partial charge in [0.25, 0.3) is 0 Å². The molecule has 0 aromatic rings. The molecule has 2 unspecified atom stereocenters. The van der Waals surface area contributed by atoms with Crippen molar-refractivity contribution < 1.29 is 9.53 Å². The van der Waals surface area contributed by atoms with Gasteiger partial charge >= 0.3 is 5.97 Å². The minimum Gasteiger partial charge on any atom is -0.466 e. The van der Waals surface area contributed by atoms with Crippen molar-refractivity contribution in [2.45, 2.75) is 57.9 Å². The Hall–Kier alpha value is -0.570. The molecule has 2 aliphatic carbocycles. The Labute approximate surface area is 104 Å². The molecule has 0 aliphatic heterocycles. The highest BCUT2D eigenvalue weighted by Gasteiger charge is 2.33. The summed E-state index contributed by atoms with van der Waals surface area (Å²) in [4.78, 5) is 11.8. The molecule has 17 heavy (non-hydrogen) atoms. The zero-order valence-corrected chi connectivity index (χ0v) is 10.9. The molecule has 0 spiro atoms. The fourth-order valence-electron chi connectivity index (χ4n) is 3.53. The average Bonchev–Trinajstić information content (AvgIpc) is 2.78. The van der Waals surface area contributed by atoms with Crippen LogP contribution < -0.4 is 5.73 Å². The van der Waals surface area contributed by atoms with Gasteiger partial charge in [-0.05, 0) is 44.4 Å². The van der Waals surface area contributed by atoms with Crippen LogP contribution in [0.2, 0.25) is 0 Å². The second kappa shape index (κ2) is 5.85. The summed E-state index contributed by atoms with van der Waals surface area (Å²) < 4.78 is 5.15. The van der Waals surface area contributed by atoms with Crippen LogP contribution in [0.1, 0.15) is 51.9 Å². The van der Waals surface area contributed by atoms with Gasteiger partial charge in [0.1, 0.15) is 0 Å². The first-order valence-electron chi connectivity index (χ1n) is 7.13. The summed E-state index contributed by atoms with van der Waals surface area (Å²) in [7, 11) is 0. The minimum absolute atomic E-state index is 0.0271. The number of hydrogen-bond acceptors (Lipinski definition) is 3. The van der Waals surface area contributed by atoms with Crippen LogP contribution in [-0.4, -0.2) is 18.6 Å². The Balaban J connectivity index is 1.97. The Bertz CT molecular complexity index is 267. The smallest absolute Gasteiger partial charge is 0.308 e. The zero-order valence-electron chi connectivity index (χ0n) is 10.9. The molecule has 0 amide bonds. The number of rotatable bonds is 2. The number of ether oxygens (including phenoxy) is 1. The van der Waals surface area contributed by atoms with E-state index < -0.39 is 0 Å². The lowest BCUT2D eigenvalue weighted by atomic mass is 9.88. The third-order valence-electron chi connectivity index (χ3n) is 4.53. The largest absolute Gasteiger partial charge is 0.466 e. The summed E-state index contributed by atoms with van der Waals surface area (Å²) in [5.41, 5.74) is 6.27. The molecule has 2 saturated carbocycles. The lowest BCUT2D eigenvalue weighted by molar-refractivity contribution is -0.148. The molecule has 3 nitrogen and oxygen atoms in total. The van der Waals surface area contributed by atoms with E-state index in [9.17, 15) is 4.79 Å². The Morgan fingerprint density at radius 2 is 2.06 bits per heavy atom. The molecular formula is C14H25NO2. The lowest BCUT2D eigenvalue weighted by Crippen LogP contribution is -2.33. The molecule has 0 saturated heterocycles. The summed E-state index contributed by atoms with van der Waals surface area (Å²) in [5, 5.41) is 0. The first-order valence-corrected chi connectivity index (χ1v) is 7.13.